The Bertz CT molecular complexity index is 451. The number of nitrogens with one attached hydrogen (secondary N) is 1. The van der Waals surface area contributed by atoms with Gasteiger partial charge in [0, 0.05) is 6.04 Å². The van der Waals surface area contributed by atoms with E-state index in [1.807, 2.05) is 0 Å². The molecule has 3 rings (SSSR count). The average molecular weight is 271 g/mol. The first-order chi connectivity index (χ1) is 9.72. The van der Waals surface area contributed by atoms with Gasteiger partial charge in [0.15, 0.2) is 0 Å². The Morgan fingerprint density at radius 3 is 2.70 bits per heavy atom. The van der Waals surface area contributed by atoms with Crippen molar-refractivity contribution in [2.75, 3.05) is 6.54 Å². The highest BCUT2D eigenvalue weighted by Crippen LogP contribution is 2.30. The van der Waals surface area contributed by atoms with Crippen LogP contribution in [-0.2, 0) is 12.8 Å². The summed E-state index contributed by atoms with van der Waals surface area (Å²) in [6.45, 7) is 5.92. The van der Waals surface area contributed by atoms with Crippen molar-refractivity contribution in [3.8, 4) is 0 Å². The fraction of sp³-hybridized carbons (Fsp3) is 0.684. The van der Waals surface area contributed by atoms with Gasteiger partial charge in [-0.25, -0.2) is 0 Å². The second kappa shape index (κ2) is 6.30. The molecule has 20 heavy (non-hydrogen) atoms. The molecule has 0 saturated heterocycles. The van der Waals surface area contributed by atoms with Crippen molar-refractivity contribution in [3.05, 3.63) is 34.9 Å². The summed E-state index contributed by atoms with van der Waals surface area (Å²) in [6, 6.07) is 7.68. The summed E-state index contributed by atoms with van der Waals surface area (Å²) in [4.78, 5) is 0. The van der Waals surface area contributed by atoms with Crippen LogP contribution in [0.3, 0.4) is 0 Å². The molecule has 1 aromatic rings. The third-order valence-corrected chi connectivity index (χ3v) is 5.39. The van der Waals surface area contributed by atoms with Crippen LogP contribution in [0.1, 0.15) is 68.7 Å². The third-order valence-electron chi connectivity index (χ3n) is 5.39. The van der Waals surface area contributed by atoms with E-state index in [-0.39, 0.29) is 0 Å². The molecule has 1 nitrogen and oxygen atoms in total. The number of fused-ring (bicyclic) bond motifs is 1. The van der Waals surface area contributed by atoms with Crippen LogP contribution in [0.5, 0.6) is 0 Å². The fourth-order valence-electron chi connectivity index (χ4n) is 3.99. The van der Waals surface area contributed by atoms with Crippen LogP contribution in [0.25, 0.3) is 0 Å². The molecule has 3 atom stereocenters. The van der Waals surface area contributed by atoms with Crippen LogP contribution < -0.4 is 5.32 Å². The summed E-state index contributed by atoms with van der Waals surface area (Å²) in [5.41, 5.74) is 4.69. The highest BCUT2D eigenvalue weighted by molar-refractivity contribution is 5.35. The van der Waals surface area contributed by atoms with Gasteiger partial charge in [0.2, 0.25) is 0 Å². The lowest BCUT2D eigenvalue weighted by Gasteiger charge is -2.21. The summed E-state index contributed by atoms with van der Waals surface area (Å²) < 4.78 is 0. The molecule has 0 radical (unpaired) electrons. The second-order valence-corrected chi connectivity index (χ2v) is 7.15. The number of aryl methyl sites for hydroxylation is 2. The Labute approximate surface area is 124 Å². The number of hydrogen-bond donors (Lipinski definition) is 1. The minimum Gasteiger partial charge on any atom is -0.310 e. The van der Waals surface area contributed by atoms with Crippen molar-refractivity contribution in [2.45, 2.75) is 64.8 Å². The van der Waals surface area contributed by atoms with Gasteiger partial charge in [0.1, 0.15) is 0 Å². The van der Waals surface area contributed by atoms with Gasteiger partial charge in [-0.1, -0.05) is 31.5 Å². The smallest absolute Gasteiger partial charge is 0.0292 e. The largest absolute Gasteiger partial charge is 0.310 e. The maximum Gasteiger partial charge on any atom is 0.0292 e. The first-order valence-electron chi connectivity index (χ1n) is 8.57. The zero-order valence-corrected chi connectivity index (χ0v) is 13.1. The Morgan fingerprint density at radius 2 is 1.95 bits per heavy atom. The third kappa shape index (κ3) is 3.25. The molecule has 0 amide bonds. The van der Waals surface area contributed by atoms with Crippen molar-refractivity contribution in [1.29, 1.82) is 0 Å². The molecule has 0 bridgehead atoms. The predicted molar refractivity (Wildman–Crippen MR) is 86.0 cm³/mol. The zero-order chi connectivity index (χ0) is 13.9. The topological polar surface area (TPSA) is 12.0 Å². The van der Waals surface area contributed by atoms with Gasteiger partial charge in [0.05, 0.1) is 0 Å². The van der Waals surface area contributed by atoms with E-state index in [0.29, 0.717) is 6.04 Å². The van der Waals surface area contributed by atoms with Crippen LogP contribution >= 0.6 is 0 Å². The van der Waals surface area contributed by atoms with Gasteiger partial charge < -0.3 is 5.32 Å². The van der Waals surface area contributed by atoms with Gasteiger partial charge in [-0.15, -0.1) is 0 Å². The molecule has 1 fully saturated rings. The van der Waals surface area contributed by atoms with Crippen molar-refractivity contribution in [1.82, 2.24) is 5.32 Å². The first-order valence-corrected chi connectivity index (χ1v) is 8.57. The Morgan fingerprint density at radius 1 is 1.15 bits per heavy atom. The Balaban J connectivity index is 1.58. The van der Waals surface area contributed by atoms with E-state index in [1.165, 1.54) is 57.1 Å². The molecule has 2 aliphatic rings. The second-order valence-electron chi connectivity index (χ2n) is 7.15. The first kappa shape index (κ1) is 14.1. The lowest BCUT2D eigenvalue weighted by molar-refractivity contribution is 0.440. The summed E-state index contributed by atoms with van der Waals surface area (Å²) in [5.74, 6) is 1.85. The zero-order valence-electron chi connectivity index (χ0n) is 13.1. The molecular weight excluding hydrogens is 242 g/mol. The SMILES string of the molecule is CC1CCC(CNC(C)c2ccc3c(c2)CCCC3)C1. The minimum atomic E-state index is 0.498. The monoisotopic (exact) mass is 271 g/mol. The Hall–Kier alpha value is -0.820. The minimum absolute atomic E-state index is 0.498. The molecule has 0 spiro atoms. The quantitative estimate of drug-likeness (QED) is 0.840. The number of hydrogen-bond acceptors (Lipinski definition) is 1. The molecule has 0 aromatic heterocycles. The predicted octanol–water partition coefficient (Wildman–Crippen LogP) is 4.65. The standard InChI is InChI=1S/C19H29N/c1-14-7-8-16(11-14)13-20-15(2)18-10-9-17-5-3-4-6-19(17)12-18/h9-10,12,14-16,20H,3-8,11,13H2,1-2H3. The normalized spacial score (nSPS) is 27.3. The maximum atomic E-state index is 3.77. The number of rotatable bonds is 4. The van der Waals surface area contributed by atoms with Gasteiger partial charge in [-0.3, -0.25) is 0 Å². The lowest BCUT2D eigenvalue weighted by atomic mass is 9.89. The summed E-state index contributed by atoms with van der Waals surface area (Å²) in [7, 11) is 0. The fourth-order valence-corrected chi connectivity index (χ4v) is 3.99. The summed E-state index contributed by atoms with van der Waals surface area (Å²) >= 11 is 0. The van der Waals surface area contributed by atoms with Crippen molar-refractivity contribution >= 4 is 0 Å². The summed E-state index contributed by atoms with van der Waals surface area (Å²) in [6.07, 6.45) is 9.60. The molecule has 1 N–H and O–H groups in total. The average Bonchev–Trinajstić information content (AvgIpc) is 2.90. The molecule has 3 unspecified atom stereocenters. The molecule has 2 aliphatic carbocycles. The van der Waals surface area contributed by atoms with Crippen LogP contribution in [-0.4, -0.2) is 6.54 Å². The maximum absolute atomic E-state index is 3.77. The van der Waals surface area contributed by atoms with E-state index in [1.54, 1.807) is 11.1 Å². The van der Waals surface area contributed by atoms with E-state index in [0.717, 1.165) is 11.8 Å². The molecule has 1 heteroatoms. The van der Waals surface area contributed by atoms with E-state index in [2.05, 4.69) is 37.4 Å². The van der Waals surface area contributed by atoms with Crippen LogP contribution in [0.15, 0.2) is 18.2 Å². The van der Waals surface area contributed by atoms with Crippen LogP contribution in [0.2, 0.25) is 0 Å². The summed E-state index contributed by atoms with van der Waals surface area (Å²) in [5, 5.41) is 3.77. The highest BCUT2D eigenvalue weighted by Gasteiger charge is 2.21. The van der Waals surface area contributed by atoms with Crippen LogP contribution in [0, 0.1) is 11.8 Å². The molecule has 0 aliphatic heterocycles. The molecular formula is C19H29N. The van der Waals surface area contributed by atoms with E-state index in [9.17, 15) is 0 Å². The lowest BCUT2D eigenvalue weighted by Crippen LogP contribution is -2.25. The van der Waals surface area contributed by atoms with Gasteiger partial charge in [-0.05, 0) is 80.5 Å². The van der Waals surface area contributed by atoms with Crippen molar-refractivity contribution in [3.63, 3.8) is 0 Å². The van der Waals surface area contributed by atoms with E-state index in [4.69, 9.17) is 0 Å². The van der Waals surface area contributed by atoms with Gasteiger partial charge in [0.25, 0.3) is 0 Å². The number of benzene rings is 1. The van der Waals surface area contributed by atoms with E-state index >= 15 is 0 Å². The van der Waals surface area contributed by atoms with Gasteiger partial charge in [-0.2, -0.15) is 0 Å². The Kier molecular flexibility index (Phi) is 4.45. The van der Waals surface area contributed by atoms with Crippen molar-refractivity contribution < 1.29 is 0 Å². The molecule has 1 aromatic carbocycles. The van der Waals surface area contributed by atoms with Gasteiger partial charge >= 0.3 is 0 Å². The molecule has 110 valence electrons. The van der Waals surface area contributed by atoms with Crippen molar-refractivity contribution in [2.24, 2.45) is 11.8 Å². The van der Waals surface area contributed by atoms with E-state index < -0.39 is 0 Å². The molecule has 0 heterocycles. The highest BCUT2D eigenvalue weighted by atomic mass is 14.9. The van der Waals surface area contributed by atoms with Crippen LogP contribution in [0.4, 0.5) is 0 Å². The molecule has 1 saturated carbocycles.